The maximum atomic E-state index is 12.8. The topological polar surface area (TPSA) is 75.7 Å². The van der Waals surface area contributed by atoms with Gasteiger partial charge < -0.3 is 10.1 Å². The Hall–Kier alpha value is -3.32. The Morgan fingerprint density at radius 1 is 0.968 bits per heavy atom. The fraction of sp³-hybridized carbons (Fsp3) is 0.208. The van der Waals surface area contributed by atoms with Crippen LogP contribution in [0, 0.1) is 6.92 Å². The van der Waals surface area contributed by atoms with Gasteiger partial charge in [-0.25, -0.2) is 8.42 Å². The van der Waals surface area contributed by atoms with Gasteiger partial charge in [0.25, 0.3) is 0 Å². The highest BCUT2D eigenvalue weighted by atomic mass is 32.2. The molecule has 0 bridgehead atoms. The Kier molecular flexibility index (Phi) is 6.97. The van der Waals surface area contributed by atoms with Crippen LogP contribution in [-0.2, 0) is 21.4 Å². The van der Waals surface area contributed by atoms with E-state index in [2.05, 4.69) is 5.32 Å². The molecule has 3 rings (SSSR count). The van der Waals surface area contributed by atoms with Crippen molar-refractivity contribution >= 4 is 27.3 Å². The number of nitrogens with zero attached hydrogens (tertiary/aromatic N) is 1. The summed E-state index contributed by atoms with van der Waals surface area (Å²) < 4.78 is 31.6. The maximum Gasteiger partial charge on any atom is 0.247 e. The van der Waals surface area contributed by atoms with E-state index in [-0.39, 0.29) is 0 Å². The van der Waals surface area contributed by atoms with E-state index in [0.29, 0.717) is 23.7 Å². The predicted molar refractivity (Wildman–Crippen MR) is 124 cm³/mol. The lowest BCUT2D eigenvalue weighted by atomic mass is 10.2. The Balaban J connectivity index is 1.67. The zero-order chi connectivity index (χ0) is 22.4. The van der Waals surface area contributed by atoms with Crippen LogP contribution in [-0.4, -0.2) is 26.6 Å². The number of aryl methyl sites for hydroxylation is 1. The van der Waals surface area contributed by atoms with Gasteiger partial charge in [0.15, 0.2) is 0 Å². The summed E-state index contributed by atoms with van der Waals surface area (Å²) in [6.07, 6.45) is 1.09. The molecule has 3 aromatic carbocycles. The van der Waals surface area contributed by atoms with Crippen molar-refractivity contribution in [3.63, 3.8) is 0 Å². The molecule has 6 nitrogen and oxygen atoms in total. The monoisotopic (exact) mass is 438 g/mol. The number of carbonyl (C=O) groups is 1. The Morgan fingerprint density at radius 3 is 2.16 bits per heavy atom. The molecule has 0 aliphatic rings. The molecule has 0 aliphatic carbocycles. The number of hydrogen-bond donors (Lipinski definition) is 1. The molecule has 0 spiro atoms. The SMILES string of the molecule is Cc1ccc(N([C@@H](C)C(=O)Nc2ccc(OCc3ccccc3)cc2)S(C)(=O)=O)cc1. The first kappa shape index (κ1) is 22.4. The lowest BCUT2D eigenvalue weighted by Crippen LogP contribution is -2.45. The Bertz CT molecular complexity index is 1110. The molecule has 0 saturated carbocycles. The molecule has 0 aromatic heterocycles. The summed E-state index contributed by atoms with van der Waals surface area (Å²) in [5, 5.41) is 2.78. The van der Waals surface area contributed by atoms with Gasteiger partial charge in [-0.15, -0.1) is 0 Å². The number of anilines is 2. The number of ether oxygens (including phenoxy) is 1. The van der Waals surface area contributed by atoms with E-state index in [0.717, 1.165) is 21.7 Å². The van der Waals surface area contributed by atoms with Crippen molar-refractivity contribution in [2.75, 3.05) is 15.9 Å². The summed E-state index contributed by atoms with van der Waals surface area (Å²) in [6, 6.07) is 22.9. The molecule has 0 saturated heterocycles. The third-order valence-corrected chi connectivity index (χ3v) is 5.99. The summed E-state index contributed by atoms with van der Waals surface area (Å²) in [6.45, 7) is 3.93. The zero-order valence-electron chi connectivity index (χ0n) is 17.8. The van der Waals surface area contributed by atoms with Crippen LogP contribution in [0.25, 0.3) is 0 Å². The first-order valence-corrected chi connectivity index (χ1v) is 11.7. The van der Waals surface area contributed by atoms with E-state index in [4.69, 9.17) is 4.74 Å². The molecule has 7 heteroatoms. The highest BCUT2D eigenvalue weighted by molar-refractivity contribution is 7.92. The molecule has 162 valence electrons. The first-order valence-electron chi connectivity index (χ1n) is 9.88. The molecule has 1 atom stereocenters. The van der Waals surface area contributed by atoms with Crippen molar-refractivity contribution in [3.8, 4) is 5.75 Å². The standard InChI is InChI=1S/C24H26N2O4S/c1-18-9-13-22(14-10-18)26(31(3,28)29)19(2)24(27)25-21-11-15-23(16-12-21)30-17-20-7-5-4-6-8-20/h4-16,19H,17H2,1-3H3,(H,25,27)/t19-/m0/s1. The molecule has 0 heterocycles. The summed E-state index contributed by atoms with van der Waals surface area (Å²) in [5.74, 6) is 0.247. The highest BCUT2D eigenvalue weighted by Crippen LogP contribution is 2.23. The van der Waals surface area contributed by atoms with Crippen LogP contribution in [0.15, 0.2) is 78.9 Å². The molecule has 1 N–H and O–H groups in total. The van der Waals surface area contributed by atoms with E-state index >= 15 is 0 Å². The Morgan fingerprint density at radius 2 is 1.58 bits per heavy atom. The van der Waals surface area contributed by atoms with E-state index in [1.54, 1.807) is 43.3 Å². The third kappa shape index (κ3) is 6.08. The van der Waals surface area contributed by atoms with E-state index in [1.807, 2.05) is 49.4 Å². The number of amides is 1. The van der Waals surface area contributed by atoms with Crippen molar-refractivity contribution in [3.05, 3.63) is 90.0 Å². The minimum Gasteiger partial charge on any atom is -0.489 e. The fourth-order valence-corrected chi connectivity index (χ4v) is 4.30. The molecular weight excluding hydrogens is 412 g/mol. The first-order chi connectivity index (χ1) is 14.7. The highest BCUT2D eigenvalue weighted by Gasteiger charge is 2.29. The van der Waals surface area contributed by atoms with Gasteiger partial charge >= 0.3 is 0 Å². The molecule has 0 aliphatic heterocycles. The van der Waals surface area contributed by atoms with Crippen LogP contribution < -0.4 is 14.4 Å². The number of rotatable bonds is 8. The van der Waals surface area contributed by atoms with Gasteiger partial charge in [-0.3, -0.25) is 9.10 Å². The number of nitrogens with one attached hydrogen (secondary N) is 1. The zero-order valence-corrected chi connectivity index (χ0v) is 18.6. The van der Waals surface area contributed by atoms with Crippen LogP contribution in [0.2, 0.25) is 0 Å². The second kappa shape index (κ2) is 9.66. The summed E-state index contributed by atoms with van der Waals surface area (Å²) >= 11 is 0. The van der Waals surface area contributed by atoms with Gasteiger partial charge in [-0.1, -0.05) is 48.0 Å². The van der Waals surface area contributed by atoms with Gasteiger partial charge in [-0.2, -0.15) is 0 Å². The number of benzene rings is 3. The van der Waals surface area contributed by atoms with Crippen LogP contribution in [0.5, 0.6) is 5.75 Å². The predicted octanol–water partition coefficient (Wildman–Crippen LogP) is 4.37. The quantitative estimate of drug-likeness (QED) is 0.567. The normalized spacial score (nSPS) is 12.1. The Labute approximate surface area is 183 Å². The average Bonchev–Trinajstić information content (AvgIpc) is 2.74. The second-order valence-corrected chi connectivity index (χ2v) is 9.22. The van der Waals surface area contributed by atoms with Crippen molar-refractivity contribution in [2.45, 2.75) is 26.5 Å². The van der Waals surface area contributed by atoms with Crippen LogP contribution in [0.4, 0.5) is 11.4 Å². The number of carbonyl (C=O) groups excluding carboxylic acids is 1. The van der Waals surface area contributed by atoms with Crippen LogP contribution >= 0.6 is 0 Å². The van der Waals surface area contributed by atoms with E-state index in [1.165, 1.54) is 0 Å². The van der Waals surface area contributed by atoms with Crippen LogP contribution in [0.1, 0.15) is 18.1 Å². The largest absolute Gasteiger partial charge is 0.489 e. The summed E-state index contributed by atoms with van der Waals surface area (Å²) in [7, 11) is -3.66. The number of sulfonamides is 1. The molecule has 3 aromatic rings. The van der Waals surface area contributed by atoms with Crippen LogP contribution in [0.3, 0.4) is 0 Å². The van der Waals surface area contributed by atoms with Gasteiger partial charge in [0.1, 0.15) is 18.4 Å². The molecule has 1 amide bonds. The van der Waals surface area contributed by atoms with Crippen molar-refractivity contribution < 1.29 is 17.9 Å². The van der Waals surface area contributed by atoms with Gasteiger partial charge in [-0.05, 0) is 55.8 Å². The minimum absolute atomic E-state index is 0.427. The third-order valence-electron chi connectivity index (χ3n) is 4.75. The minimum atomic E-state index is -3.66. The molecular formula is C24H26N2O4S. The van der Waals surface area contributed by atoms with Crippen molar-refractivity contribution in [2.24, 2.45) is 0 Å². The summed E-state index contributed by atoms with van der Waals surface area (Å²) in [4.78, 5) is 12.8. The molecule has 0 unspecified atom stereocenters. The second-order valence-electron chi connectivity index (χ2n) is 7.36. The van der Waals surface area contributed by atoms with Gasteiger partial charge in [0.2, 0.25) is 15.9 Å². The maximum absolute atomic E-state index is 12.8. The van der Waals surface area contributed by atoms with E-state index in [9.17, 15) is 13.2 Å². The lowest BCUT2D eigenvalue weighted by molar-refractivity contribution is -0.116. The molecule has 0 fully saturated rings. The van der Waals surface area contributed by atoms with E-state index < -0.39 is 22.0 Å². The summed E-state index contributed by atoms with van der Waals surface area (Å²) in [5.41, 5.74) is 3.07. The van der Waals surface area contributed by atoms with Gasteiger partial charge in [0, 0.05) is 5.69 Å². The molecule has 0 radical (unpaired) electrons. The smallest absolute Gasteiger partial charge is 0.247 e. The lowest BCUT2D eigenvalue weighted by Gasteiger charge is -2.28. The van der Waals surface area contributed by atoms with Gasteiger partial charge in [0.05, 0.1) is 11.9 Å². The number of hydrogen-bond acceptors (Lipinski definition) is 4. The van der Waals surface area contributed by atoms with Crippen molar-refractivity contribution in [1.29, 1.82) is 0 Å². The van der Waals surface area contributed by atoms with Crippen molar-refractivity contribution in [1.82, 2.24) is 0 Å². The fourth-order valence-electron chi connectivity index (χ4n) is 3.12. The molecule has 31 heavy (non-hydrogen) atoms. The average molecular weight is 439 g/mol.